The molecule has 0 aromatic heterocycles. The van der Waals surface area contributed by atoms with Crippen LogP contribution in [-0.4, -0.2) is 29.0 Å². The summed E-state index contributed by atoms with van der Waals surface area (Å²) >= 11 is 0. The van der Waals surface area contributed by atoms with Crippen molar-refractivity contribution in [1.82, 2.24) is 4.90 Å². The van der Waals surface area contributed by atoms with Crippen molar-refractivity contribution in [3.05, 3.63) is 29.6 Å². The van der Waals surface area contributed by atoms with Gasteiger partial charge in [-0.1, -0.05) is 0 Å². The minimum atomic E-state index is -0.605. The molecule has 0 spiro atoms. The van der Waals surface area contributed by atoms with Crippen molar-refractivity contribution in [3.63, 3.8) is 0 Å². The fourth-order valence-electron chi connectivity index (χ4n) is 1.34. The maximum absolute atomic E-state index is 12.8. The lowest BCUT2D eigenvalue weighted by Gasteiger charge is -2.23. The molecule has 1 unspecified atom stereocenters. The average Bonchev–Trinajstić information content (AvgIpc) is 2.27. The summed E-state index contributed by atoms with van der Waals surface area (Å²) in [5.74, 6) is -1.44. The van der Waals surface area contributed by atoms with Crippen LogP contribution in [-0.2, 0) is 0 Å². The highest BCUT2D eigenvalue weighted by atomic mass is 19.1. The standard InChI is InChI=1S/C12H13FN2O2/c1-8(5-6-14)15(2)12(17)10-4-3-9(13)7-11(10)16/h3-4,7-8,16H,5H2,1-2H3. The van der Waals surface area contributed by atoms with Gasteiger partial charge in [0.1, 0.15) is 11.6 Å². The molecule has 0 radical (unpaired) electrons. The molecule has 5 heteroatoms. The minimum Gasteiger partial charge on any atom is -0.507 e. The van der Waals surface area contributed by atoms with Crippen LogP contribution >= 0.6 is 0 Å². The van der Waals surface area contributed by atoms with Gasteiger partial charge in [-0.2, -0.15) is 5.26 Å². The Bertz CT molecular complexity index is 468. The van der Waals surface area contributed by atoms with Gasteiger partial charge in [0.25, 0.3) is 5.91 Å². The molecule has 1 N–H and O–H groups in total. The Hall–Kier alpha value is -2.09. The van der Waals surface area contributed by atoms with Gasteiger partial charge in [0.05, 0.1) is 18.1 Å². The Morgan fingerprint density at radius 3 is 2.82 bits per heavy atom. The Balaban J connectivity index is 2.93. The maximum Gasteiger partial charge on any atom is 0.257 e. The molecule has 0 heterocycles. The Kier molecular flexibility index (Phi) is 4.05. The molecular weight excluding hydrogens is 223 g/mol. The van der Waals surface area contributed by atoms with Gasteiger partial charge in [-0.15, -0.1) is 0 Å². The highest BCUT2D eigenvalue weighted by Crippen LogP contribution is 2.20. The van der Waals surface area contributed by atoms with E-state index in [0.717, 1.165) is 12.1 Å². The number of hydrogen-bond donors (Lipinski definition) is 1. The number of nitrogens with zero attached hydrogens (tertiary/aromatic N) is 2. The molecule has 0 bridgehead atoms. The molecule has 0 aliphatic rings. The lowest BCUT2D eigenvalue weighted by Crippen LogP contribution is -2.34. The second-order valence-corrected chi connectivity index (χ2v) is 3.79. The van der Waals surface area contributed by atoms with E-state index >= 15 is 0 Å². The number of aromatic hydroxyl groups is 1. The molecular formula is C12H13FN2O2. The summed E-state index contributed by atoms with van der Waals surface area (Å²) in [6.45, 7) is 1.72. The van der Waals surface area contributed by atoms with E-state index in [1.54, 1.807) is 6.92 Å². The zero-order valence-electron chi connectivity index (χ0n) is 9.64. The van der Waals surface area contributed by atoms with E-state index in [0.29, 0.717) is 0 Å². The van der Waals surface area contributed by atoms with E-state index in [2.05, 4.69) is 0 Å². The second-order valence-electron chi connectivity index (χ2n) is 3.79. The highest BCUT2D eigenvalue weighted by molar-refractivity contribution is 5.96. The van der Waals surface area contributed by atoms with E-state index in [1.165, 1.54) is 18.0 Å². The van der Waals surface area contributed by atoms with Crippen LogP contribution in [0.3, 0.4) is 0 Å². The third kappa shape index (κ3) is 2.94. The van der Waals surface area contributed by atoms with E-state index in [9.17, 15) is 14.3 Å². The smallest absolute Gasteiger partial charge is 0.257 e. The van der Waals surface area contributed by atoms with Crippen LogP contribution in [0.5, 0.6) is 5.75 Å². The number of benzene rings is 1. The summed E-state index contributed by atoms with van der Waals surface area (Å²) in [5, 5.41) is 18.0. The molecule has 0 fully saturated rings. The van der Waals surface area contributed by atoms with Gasteiger partial charge < -0.3 is 10.0 Å². The van der Waals surface area contributed by atoms with Crippen LogP contribution in [0, 0.1) is 17.1 Å². The third-order valence-corrected chi connectivity index (χ3v) is 2.56. The van der Waals surface area contributed by atoms with Crippen molar-refractivity contribution in [1.29, 1.82) is 5.26 Å². The molecule has 1 rings (SSSR count). The molecule has 1 aromatic carbocycles. The number of halogens is 1. The van der Waals surface area contributed by atoms with Crippen molar-refractivity contribution in [2.45, 2.75) is 19.4 Å². The van der Waals surface area contributed by atoms with Gasteiger partial charge >= 0.3 is 0 Å². The maximum atomic E-state index is 12.8. The van der Waals surface area contributed by atoms with Gasteiger partial charge in [0, 0.05) is 19.2 Å². The first-order valence-electron chi connectivity index (χ1n) is 5.10. The van der Waals surface area contributed by atoms with Gasteiger partial charge in [-0.05, 0) is 19.1 Å². The monoisotopic (exact) mass is 236 g/mol. The highest BCUT2D eigenvalue weighted by Gasteiger charge is 2.20. The molecule has 0 aliphatic heterocycles. The lowest BCUT2D eigenvalue weighted by molar-refractivity contribution is 0.0743. The van der Waals surface area contributed by atoms with Gasteiger partial charge in [-0.3, -0.25) is 4.79 Å². The Labute approximate surface area is 98.9 Å². The fraction of sp³-hybridized carbons (Fsp3) is 0.333. The number of rotatable bonds is 3. The zero-order valence-corrected chi connectivity index (χ0v) is 9.64. The summed E-state index contributed by atoms with van der Waals surface area (Å²) in [5.41, 5.74) is 0.0266. The average molecular weight is 236 g/mol. The molecule has 1 aromatic rings. The number of hydrogen-bond acceptors (Lipinski definition) is 3. The molecule has 17 heavy (non-hydrogen) atoms. The number of phenolic OH excluding ortho intramolecular Hbond substituents is 1. The SMILES string of the molecule is CC(CC#N)N(C)C(=O)c1ccc(F)cc1O. The number of nitriles is 1. The lowest BCUT2D eigenvalue weighted by atomic mass is 10.1. The van der Waals surface area contributed by atoms with Crippen LogP contribution in [0.25, 0.3) is 0 Å². The van der Waals surface area contributed by atoms with Crippen LogP contribution in [0.1, 0.15) is 23.7 Å². The quantitative estimate of drug-likeness (QED) is 0.871. The summed E-state index contributed by atoms with van der Waals surface area (Å²) < 4.78 is 12.8. The van der Waals surface area contributed by atoms with Gasteiger partial charge in [-0.25, -0.2) is 4.39 Å². The van der Waals surface area contributed by atoms with E-state index in [4.69, 9.17) is 5.26 Å². The van der Waals surface area contributed by atoms with E-state index in [-0.39, 0.29) is 18.0 Å². The minimum absolute atomic E-state index is 0.0266. The molecule has 0 saturated heterocycles. The first kappa shape index (κ1) is 13.0. The molecule has 0 saturated carbocycles. The number of carbonyl (C=O) groups excluding carboxylic acids is 1. The van der Waals surface area contributed by atoms with Crippen LogP contribution < -0.4 is 0 Å². The van der Waals surface area contributed by atoms with Gasteiger partial charge in [0.15, 0.2) is 0 Å². The Morgan fingerprint density at radius 2 is 2.29 bits per heavy atom. The Morgan fingerprint density at radius 1 is 1.65 bits per heavy atom. The van der Waals surface area contributed by atoms with Crippen molar-refractivity contribution in [3.8, 4) is 11.8 Å². The number of carbonyl (C=O) groups is 1. The van der Waals surface area contributed by atoms with Crippen LogP contribution in [0.2, 0.25) is 0 Å². The molecule has 1 amide bonds. The topological polar surface area (TPSA) is 64.3 Å². The van der Waals surface area contributed by atoms with Gasteiger partial charge in [0.2, 0.25) is 0 Å². The number of phenols is 1. The summed E-state index contributed by atoms with van der Waals surface area (Å²) in [6, 6.07) is 4.91. The molecule has 90 valence electrons. The number of amides is 1. The second kappa shape index (κ2) is 5.30. The van der Waals surface area contributed by atoms with Crippen LogP contribution in [0.4, 0.5) is 4.39 Å². The van der Waals surface area contributed by atoms with Crippen molar-refractivity contribution >= 4 is 5.91 Å². The summed E-state index contributed by atoms with van der Waals surface area (Å²) in [7, 11) is 1.53. The third-order valence-electron chi connectivity index (χ3n) is 2.56. The summed E-state index contributed by atoms with van der Waals surface area (Å²) in [4.78, 5) is 13.3. The van der Waals surface area contributed by atoms with Crippen molar-refractivity contribution < 1.29 is 14.3 Å². The summed E-state index contributed by atoms with van der Waals surface area (Å²) in [6.07, 6.45) is 0.199. The first-order chi connectivity index (χ1) is 7.97. The normalized spacial score (nSPS) is 11.6. The predicted octanol–water partition coefficient (Wildman–Crippen LogP) is 1.91. The molecule has 4 nitrogen and oxygen atoms in total. The molecule has 1 atom stereocenters. The van der Waals surface area contributed by atoms with E-state index < -0.39 is 17.5 Å². The van der Waals surface area contributed by atoms with Crippen molar-refractivity contribution in [2.24, 2.45) is 0 Å². The fourth-order valence-corrected chi connectivity index (χ4v) is 1.34. The first-order valence-corrected chi connectivity index (χ1v) is 5.10. The largest absolute Gasteiger partial charge is 0.507 e. The zero-order chi connectivity index (χ0) is 13.0. The van der Waals surface area contributed by atoms with E-state index in [1.807, 2.05) is 6.07 Å². The van der Waals surface area contributed by atoms with Crippen molar-refractivity contribution in [2.75, 3.05) is 7.05 Å². The predicted molar refractivity (Wildman–Crippen MR) is 59.9 cm³/mol. The van der Waals surface area contributed by atoms with Crippen LogP contribution in [0.15, 0.2) is 18.2 Å². The molecule has 0 aliphatic carbocycles.